The van der Waals surface area contributed by atoms with Crippen LogP contribution in [0, 0.1) is 10.1 Å². The summed E-state index contributed by atoms with van der Waals surface area (Å²) in [5, 5.41) is 18.1. The standard InChI is InChI=1S/C19H22ClN5O3S2/c1-24(2)10-13-6-7-14(28-13)12-29-9-8-21-17(11-25(26)27)22-19-23-18-15(20)4-3-5-16(18)30-19/h3-7,11,21H,8-10,12H2,1-2H3,(H,22,23). The molecule has 8 nitrogen and oxygen atoms in total. The van der Waals surface area contributed by atoms with E-state index in [1.165, 1.54) is 11.3 Å². The number of fused-ring (bicyclic) bond motifs is 1. The first-order valence-electron chi connectivity index (χ1n) is 9.12. The first kappa shape index (κ1) is 22.4. The van der Waals surface area contributed by atoms with Crippen LogP contribution in [0.25, 0.3) is 10.2 Å². The number of anilines is 1. The monoisotopic (exact) mass is 467 g/mol. The third-order valence-corrected chi connectivity index (χ3v) is 6.06. The van der Waals surface area contributed by atoms with Crippen LogP contribution in [0.1, 0.15) is 11.5 Å². The number of para-hydroxylation sites is 1. The molecule has 0 radical (unpaired) electrons. The molecule has 0 unspecified atom stereocenters. The highest BCUT2D eigenvalue weighted by Crippen LogP contribution is 2.31. The number of halogens is 1. The Labute approximate surface area is 187 Å². The summed E-state index contributed by atoms with van der Waals surface area (Å²) in [7, 11) is 3.99. The second-order valence-corrected chi connectivity index (χ2v) is 9.19. The predicted octanol–water partition coefficient (Wildman–Crippen LogP) is 4.61. The molecule has 0 spiro atoms. The Morgan fingerprint density at radius 1 is 1.37 bits per heavy atom. The summed E-state index contributed by atoms with van der Waals surface area (Å²) in [6.45, 7) is 1.32. The van der Waals surface area contributed by atoms with Crippen molar-refractivity contribution in [2.75, 3.05) is 31.7 Å². The second kappa shape index (κ2) is 10.7. The van der Waals surface area contributed by atoms with Crippen LogP contribution < -0.4 is 10.6 Å². The normalized spacial score (nSPS) is 11.9. The van der Waals surface area contributed by atoms with Gasteiger partial charge in [0.25, 0.3) is 6.20 Å². The van der Waals surface area contributed by atoms with Crippen molar-refractivity contribution in [3.63, 3.8) is 0 Å². The van der Waals surface area contributed by atoms with Gasteiger partial charge >= 0.3 is 0 Å². The number of benzene rings is 1. The van der Waals surface area contributed by atoms with Gasteiger partial charge in [0.05, 0.1) is 26.9 Å². The molecule has 11 heteroatoms. The number of hydrogen-bond donors (Lipinski definition) is 2. The van der Waals surface area contributed by atoms with Gasteiger partial charge in [0, 0.05) is 12.3 Å². The third-order valence-electron chi connectivity index (χ3n) is 3.84. The third kappa shape index (κ3) is 6.63. The van der Waals surface area contributed by atoms with Crippen LogP contribution in [0.2, 0.25) is 5.02 Å². The Balaban J connectivity index is 1.50. The largest absolute Gasteiger partial charge is 0.464 e. The molecule has 0 aliphatic carbocycles. The first-order valence-corrected chi connectivity index (χ1v) is 11.5. The van der Waals surface area contributed by atoms with Gasteiger partial charge in [-0.2, -0.15) is 11.8 Å². The van der Waals surface area contributed by atoms with Crippen LogP contribution in [-0.2, 0) is 12.3 Å². The quantitative estimate of drug-likeness (QED) is 0.239. The molecule has 2 heterocycles. The van der Waals surface area contributed by atoms with E-state index in [1.807, 2.05) is 38.4 Å². The minimum absolute atomic E-state index is 0.280. The van der Waals surface area contributed by atoms with Gasteiger partial charge in [-0.25, -0.2) is 4.98 Å². The van der Waals surface area contributed by atoms with E-state index in [-0.39, 0.29) is 5.82 Å². The highest BCUT2D eigenvalue weighted by Gasteiger charge is 2.10. The molecule has 0 aliphatic rings. The van der Waals surface area contributed by atoms with Crippen LogP contribution in [0.5, 0.6) is 0 Å². The van der Waals surface area contributed by atoms with Crippen LogP contribution in [0.3, 0.4) is 0 Å². The van der Waals surface area contributed by atoms with Crippen molar-refractivity contribution < 1.29 is 9.34 Å². The van der Waals surface area contributed by atoms with Gasteiger partial charge in [-0.1, -0.05) is 29.0 Å². The lowest BCUT2D eigenvalue weighted by Gasteiger charge is -2.09. The van der Waals surface area contributed by atoms with Gasteiger partial charge in [0.1, 0.15) is 17.0 Å². The molecule has 3 aromatic rings. The molecule has 2 aromatic heterocycles. The Morgan fingerprint density at radius 3 is 2.90 bits per heavy atom. The van der Waals surface area contributed by atoms with E-state index in [0.717, 1.165) is 40.5 Å². The number of aromatic nitrogens is 1. The Morgan fingerprint density at radius 2 is 2.17 bits per heavy atom. The van der Waals surface area contributed by atoms with Gasteiger partial charge in [0.15, 0.2) is 11.0 Å². The Hall–Kier alpha value is -2.27. The van der Waals surface area contributed by atoms with Gasteiger partial charge in [0.2, 0.25) is 0 Å². The number of nitro groups is 1. The zero-order chi connectivity index (χ0) is 21.5. The average molecular weight is 468 g/mol. The van der Waals surface area contributed by atoms with E-state index in [0.29, 0.717) is 22.2 Å². The lowest BCUT2D eigenvalue weighted by Crippen LogP contribution is -2.23. The van der Waals surface area contributed by atoms with Gasteiger partial charge in [-0.05, 0) is 38.4 Å². The first-order chi connectivity index (χ1) is 14.4. The number of furan rings is 1. The van der Waals surface area contributed by atoms with E-state index < -0.39 is 4.92 Å². The second-order valence-electron chi connectivity index (χ2n) is 6.64. The maximum absolute atomic E-state index is 11.0. The molecule has 0 aliphatic heterocycles. The molecule has 0 saturated heterocycles. The fraction of sp³-hybridized carbons (Fsp3) is 0.316. The number of hydrogen-bond acceptors (Lipinski definition) is 9. The van der Waals surface area contributed by atoms with Crippen molar-refractivity contribution in [3.05, 3.63) is 69.0 Å². The van der Waals surface area contributed by atoms with Crippen molar-refractivity contribution in [1.29, 1.82) is 0 Å². The van der Waals surface area contributed by atoms with Crippen LogP contribution in [0.4, 0.5) is 5.13 Å². The minimum Gasteiger partial charge on any atom is -0.464 e. The zero-order valence-corrected chi connectivity index (χ0v) is 18.9. The number of nitrogens with one attached hydrogen (secondary N) is 2. The molecular weight excluding hydrogens is 446 g/mol. The summed E-state index contributed by atoms with van der Waals surface area (Å²) >= 11 is 9.22. The molecule has 1 aromatic carbocycles. The smallest absolute Gasteiger partial charge is 0.274 e. The van der Waals surface area contributed by atoms with Gasteiger partial charge in [-0.15, -0.1) is 0 Å². The number of nitrogens with zero attached hydrogens (tertiary/aromatic N) is 3. The topological polar surface area (TPSA) is 96.5 Å². The van der Waals surface area contributed by atoms with Gasteiger partial charge < -0.3 is 20.0 Å². The van der Waals surface area contributed by atoms with Crippen molar-refractivity contribution in [1.82, 2.24) is 15.2 Å². The lowest BCUT2D eigenvalue weighted by molar-refractivity contribution is -0.403. The van der Waals surface area contributed by atoms with E-state index in [2.05, 4.69) is 20.5 Å². The minimum atomic E-state index is -0.502. The van der Waals surface area contributed by atoms with Crippen molar-refractivity contribution in [2.45, 2.75) is 12.3 Å². The summed E-state index contributed by atoms with van der Waals surface area (Å²) in [5.74, 6) is 3.63. The van der Waals surface area contributed by atoms with Crippen molar-refractivity contribution in [2.24, 2.45) is 0 Å². The predicted molar refractivity (Wildman–Crippen MR) is 124 cm³/mol. The van der Waals surface area contributed by atoms with E-state index >= 15 is 0 Å². The molecule has 0 fully saturated rings. The Bertz CT molecular complexity index is 1030. The maximum Gasteiger partial charge on any atom is 0.274 e. The summed E-state index contributed by atoms with van der Waals surface area (Å²) < 4.78 is 6.69. The van der Waals surface area contributed by atoms with E-state index in [9.17, 15) is 10.1 Å². The molecule has 30 heavy (non-hydrogen) atoms. The van der Waals surface area contributed by atoms with Crippen LogP contribution >= 0.6 is 34.7 Å². The molecule has 2 N–H and O–H groups in total. The summed E-state index contributed by atoms with van der Waals surface area (Å²) in [6, 6.07) is 9.48. The molecule has 0 bridgehead atoms. The number of thiazole rings is 1. The fourth-order valence-corrected chi connectivity index (χ4v) is 4.56. The number of thioether (sulfide) groups is 1. The number of rotatable bonds is 11. The fourth-order valence-electron chi connectivity index (χ4n) is 2.64. The zero-order valence-electron chi connectivity index (χ0n) is 16.6. The molecule has 0 saturated carbocycles. The molecule has 160 valence electrons. The summed E-state index contributed by atoms with van der Waals surface area (Å²) in [4.78, 5) is 16.9. The molecule has 3 rings (SSSR count). The Kier molecular flexibility index (Phi) is 7.97. The highest BCUT2D eigenvalue weighted by molar-refractivity contribution is 7.98. The van der Waals surface area contributed by atoms with Crippen molar-refractivity contribution >= 4 is 50.0 Å². The van der Waals surface area contributed by atoms with Crippen LogP contribution in [0.15, 0.2) is 46.8 Å². The SMILES string of the molecule is CN(C)Cc1ccc(CSCCNC(=C[N+](=O)[O-])Nc2nc3c(Cl)cccc3s2)o1. The van der Waals surface area contributed by atoms with Crippen molar-refractivity contribution in [3.8, 4) is 0 Å². The average Bonchev–Trinajstić information content (AvgIpc) is 3.27. The summed E-state index contributed by atoms with van der Waals surface area (Å²) in [6.07, 6.45) is 0.901. The maximum atomic E-state index is 11.0. The lowest BCUT2D eigenvalue weighted by atomic mass is 10.3. The molecule has 0 atom stereocenters. The van der Waals surface area contributed by atoms with E-state index in [1.54, 1.807) is 17.8 Å². The molecule has 0 amide bonds. The van der Waals surface area contributed by atoms with Gasteiger partial charge in [-0.3, -0.25) is 10.1 Å². The molecular formula is C19H22ClN5O3S2. The van der Waals surface area contributed by atoms with E-state index in [4.69, 9.17) is 16.0 Å². The highest BCUT2D eigenvalue weighted by atomic mass is 35.5. The summed E-state index contributed by atoms with van der Waals surface area (Å²) in [5.41, 5.74) is 0.676. The van der Waals surface area contributed by atoms with Crippen LogP contribution in [-0.4, -0.2) is 41.2 Å².